The molecule has 0 bridgehead atoms. The predicted molar refractivity (Wildman–Crippen MR) is 73.8 cm³/mol. The second-order valence-electron chi connectivity index (χ2n) is 4.94. The summed E-state index contributed by atoms with van der Waals surface area (Å²) in [5.41, 5.74) is 6.64. The Morgan fingerprint density at radius 2 is 1.72 bits per heavy atom. The molecule has 0 N–H and O–H groups in total. The topological polar surface area (TPSA) is 30.7 Å². The summed E-state index contributed by atoms with van der Waals surface area (Å²) in [6.45, 7) is 9.50. The van der Waals surface area contributed by atoms with Crippen LogP contribution in [0.25, 0.3) is 0 Å². The molecule has 1 aromatic carbocycles. The quantitative estimate of drug-likeness (QED) is 0.826. The monoisotopic (exact) mass is 243 g/mol. The number of rotatable bonds is 4. The van der Waals surface area contributed by atoms with Gasteiger partial charge in [-0.3, -0.25) is 4.68 Å². The van der Waals surface area contributed by atoms with Crippen LogP contribution in [0.1, 0.15) is 34.9 Å². The largest absolute Gasteiger partial charge is 0.253 e. The third kappa shape index (κ3) is 2.78. The standard InChI is InChI=1S/C15H21N3/c1-5-18-10-14(16-17-18)6-7-15-12(3)8-11(2)9-13(15)4/h8-10H,5-7H2,1-4H3. The average Bonchev–Trinajstić information content (AvgIpc) is 2.75. The van der Waals surface area contributed by atoms with Crippen molar-refractivity contribution >= 4 is 0 Å². The highest BCUT2D eigenvalue weighted by atomic mass is 15.4. The number of aryl methyl sites for hydroxylation is 5. The molecule has 0 fully saturated rings. The number of hydrogen-bond acceptors (Lipinski definition) is 2. The molecular weight excluding hydrogens is 222 g/mol. The van der Waals surface area contributed by atoms with Crippen LogP contribution >= 0.6 is 0 Å². The first kappa shape index (κ1) is 12.8. The maximum Gasteiger partial charge on any atom is 0.0830 e. The van der Waals surface area contributed by atoms with Gasteiger partial charge < -0.3 is 0 Å². The summed E-state index contributed by atoms with van der Waals surface area (Å²) in [5, 5.41) is 8.26. The van der Waals surface area contributed by atoms with E-state index in [0.29, 0.717) is 0 Å². The van der Waals surface area contributed by atoms with Crippen LogP contribution in [0.5, 0.6) is 0 Å². The fourth-order valence-electron chi connectivity index (χ4n) is 2.46. The molecule has 0 amide bonds. The molecule has 2 rings (SSSR count). The van der Waals surface area contributed by atoms with Crippen molar-refractivity contribution in [3.63, 3.8) is 0 Å². The van der Waals surface area contributed by atoms with E-state index in [4.69, 9.17) is 0 Å². The van der Waals surface area contributed by atoms with Crippen molar-refractivity contribution in [2.45, 2.75) is 47.1 Å². The summed E-state index contributed by atoms with van der Waals surface area (Å²) in [6.07, 6.45) is 4.05. The van der Waals surface area contributed by atoms with Crippen LogP contribution in [0.2, 0.25) is 0 Å². The third-order valence-electron chi connectivity index (χ3n) is 3.38. The van der Waals surface area contributed by atoms with Gasteiger partial charge in [0.15, 0.2) is 0 Å². The van der Waals surface area contributed by atoms with Gasteiger partial charge in [-0.25, -0.2) is 0 Å². The van der Waals surface area contributed by atoms with E-state index in [1.54, 1.807) is 0 Å². The molecule has 0 saturated carbocycles. The van der Waals surface area contributed by atoms with Gasteiger partial charge in [0.2, 0.25) is 0 Å². The van der Waals surface area contributed by atoms with Gasteiger partial charge in [-0.15, -0.1) is 5.10 Å². The van der Waals surface area contributed by atoms with Gasteiger partial charge in [0.05, 0.1) is 5.69 Å². The van der Waals surface area contributed by atoms with Gasteiger partial charge in [-0.05, 0) is 57.2 Å². The molecule has 18 heavy (non-hydrogen) atoms. The van der Waals surface area contributed by atoms with Crippen molar-refractivity contribution in [3.8, 4) is 0 Å². The zero-order valence-corrected chi connectivity index (χ0v) is 11.7. The van der Waals surface area contributed by atoms with Crippen molar-refractivity contribution in [1.82, 2.24) is 15.0 Å². The molecule has 96 valence electrons. The lowest BCUT2D eigenvalue weighted by Crippen LogP contribution is -1.98. The first-order chi connectivity index (χ1) is 8.60. The minimum atomic E-state index is 0.885. The third-order valence-corrected chi connectivity index (χ3v) is 3.38. The Bertz CT molecular complexity index is 517. The number of nitrogens with zero attached hydrogens (tertiary/aromatic N) is 3. The lowest BCUT2D eigenvalue weighted by molar-refractivity contribution is 0.626. The Kier molecular flexibility index (Phi) is 3.80. The molecule has 3 heteroatoms. The smallest absolute Gasteiger partial charge is 0.0830 e. The number of aromatic nitrogens is 3. The highest BCUT2D eigenvalue weighted by Gasteiger charge is 2.06. The van der Waals surface area contributed by atoms with E-state index in [0.717, 1.165) is 25.1 Å². The Morgan fingerprint density at radius 1 is 1.06 bits per heavy atom. The highest BCUT2D eigenvalue weighted by molar-refractivity contribution is 5.37. The van der Waals surface area contributed by atoms with E-state index in [-0.39, 0.29) is 0 Å². The summed E-state index contributed by atoms with van der Waals surface area (Å²) in [7, 11) is 0. The molecule has 2 aromatic rings. The van der Waals surface area contributed by atoms with E-state index in [1.165, 1.54) is 22.3 Å². The van der Waals surface area contributed by atoms with Crippen molar-refractivity contribution in [2.75, 3.05) is 0 Å². The normalized spacial score (nSPS) is 10.9. The van der Waals surface area contributed by atoms with Gasteiger partial charge in [0.1, 0.15) is 0 Å². The van der Waals surface area contributed by atoms with Crippen molar-refractivity contribution in [1.29, 1.82) is 0 Å². The van der Waals surface area contributed by atoms with E-state index in [2.05, 4.69) is 50.1 Å². The second-order valence-corrected chi connectivity index (χ2v) is 4.94. The van der Waals surface area contributed by atoms with Crippen LogP contribution in [-0.2, 0) is 19.4 Å². The Hall–Kier alpha value is -1.64. The van der Waals surface area contributed by atoms with Gasteiger partial charge in [0, 0.05) is 12.7 Å². The molecular formula is C15H21N3. The maximum absolute atomic E-state index is 4.19. The van der Waals surface area contributed by atoms with Crippen LogP contribution in [0.3, 0.4) is 0 Å². The predicted octanol–water partition coefficient (Wildman–Crippen LogP) is 3.01. The fourth-order valence-corrected chi connectivity index (χ4v) is 2.46. The zero-order valence-electron chi connectivity index (χ0n) is 11.7. The van der Waals surface area contributed by atoms with Crippen molar-refractivity contribution < 1.29 is 0 Å². The first-order valence-corrected chi connectivity index (χ1v) is 6.56. The average molecular weight is 243 g/mol. The first-order valence-electron chi connectivity index (χ1n) is 6.56. The van der Waals surface area contributed by atoms with E-state index in [1.807, 2.05) is 10.9 Å². The molecule has 0 atom stereocenters. The maximum atomic E-state index is 4.19. The lowest BCUT2D eigenvalue weighted by atomic mass is 9.96. The minimum Gasteiger partial charge on any atom is -0.253 e. The molecule has 0 spiro atoms. The van der Waals surface area contributed by atoms with E-state index in [9.17, 15) is 0 Å². The Balaban J connectivity index is 2.10. The van der Waals surface area contributed by atoms with Crippen molar-refractivity contribution in [2.24, 2.45) is 0 Å². The molecule has 1 heterocycles. The Labute approximate surface area is 109 Å². The fraction of sp³-hybridized carbons (Fsp3) is 0.467. The van der Waals surface area contributed by atoms with Gasteiger partial charge in [-0.2, -0.15) is 0 Å². The summed E-state index contributed by atoms with van der Waals surface area (Å²) < 4.78 is 1.88. The molecule has 1 aromatic heterocycles. The minimum absolute atomic E-state index is 0.885. The molecule has 0 aliphatic carbocycles. The molecule has 0 aliphatic heterocycles. The summed E-state index contributed by atoms with van der Waals surface area (Å²) in [5.74, 6) is 0. The Morgan fingerprint density at radius 3 is 2.28 bits per heavy atom. The SMILES string of the molecule is CCn1cc(CCc2c(C)cc(C)cc2C)nn1. The molecule has 0 radical (unpaired) electrons. The highest BCUT2D eigenvalue weighted by Crippen LogP contribution is 2.18. The second kappa shape index (κ2) is 5.34. The van der Waals surface area contributed by atoms with Gasteiger partial charge in [-0.1, -0.05) is 22.9 Å². The molecule has 3 nitrogen and oxygen atoms in total. The van der Waals surface area contributed by atoms with Crippen LogP contribution < -0.4 is 0 Å². The molecule has 0 saturated heterocycles. The van der Waals surface area contributed by atoms with Crippen LogP contribution in [0.4, 0.5) is 0 Å². The van der Waals surface area contributed by atoms with E-state index >= 15 is 0 Å². The van der Waals surface area contributed by atoms with Crippen molar-refractivity contribution in [3.05, 3.63) is 46.3 Å². The van der Waals surface area contributed by atoms with Gasteiger partial charge >= 0.3 is 0 Å². The zero-order chi connectivity index (χ0) is 13.1. The summed E-state index contributed by atoms with van der Waals surface area (Å²) in [4.78, 5) is 0. The van der Waals surface area contributed by atoms with Gasteiger partial charge in [0.25, 0.3) is 0 Å². The summed E-state index contributed by atoms with van der Waals surface area (Å²) >= 11 is 0. The van der Waals surface area contributed by atoms with Crippen LogP contribution in [0.15, 0.2) is 18.3 Å². The van der Waals surface area contributed by atoms with E-state index < -0.39 is 0 Å². The van der Waals surface area contributed by atoms with Crippen LogP contribution in [-0.4, -0.2) is 15.0 Å². The number of benzene rings is 1. The van der Waals surface area contributed by atoms with Crippen LogP contribution in [0, 0.1) is 20.8 Å². The lowest BCUT2D eigenvalue weighted by Gasteiger charge is -2.10. The molecule has 0 unspecified atom stereocenters. The molecule has 0 aliphatic rings. The number of hydrogen-bond donors (Lipinski definition) is 0. The summed E-state index contributed by atoms with van der Waals surface area (Å²) in [6, 6.07) is 4.51.